The number of hydrogen-bond donors (Lipinski definition) is 1. The van der Waals surface area contributed by atoms with Gasteiger partial charge >= 0.3 is 5.97 Å². The van der Waals surface area contributed by atoms with Crippen molar-refractivity contribution in [2.24, 2.45) is 11.1 Å². The number of rotatable bonds is 3. The Balaban J connectivity index is 2.81. The molecule has 4 heteroatoms. The fourth-order valence-electron chi connectivity index (χ4n) is 2.36. The molecule has 0 aromatic heterocycles. The van der Waals surface area contributed by atoms with E-state index < -0.39 is 0 Å². The summed E-state index contributed by atoms with van der Waals surface area (Å²) in [6, 6.07) is 0.0411. The maximum absolute atomic E-state index is 11.4. The van der Waals surface area contributed by atoms with Crippen molar-refractivity contribution in [1.82, 2.24) is 0 Å². The normalized spacial score (nSPS) is 33.5. The number of ether oxygens (including phenoxy) is 1. The van der Waals surface area contributed by atoms with Crippen molar-refractivity contribution >= 4 is 17.7 Å². The molecule has 1 saturated heterocycles. The quantitative estimate of drug-likeness (QED) is 0.753. The van der Waals surface area contributed by atoms with Crippen LogP contribution in [0.2, 0.25) is 0 Å². The van der Waals surface area contributed by atoms with Crippen LogP contribution in [0, 0.1) is 5.41 Å². The predicted octanol–water partition coefficient (Wildman–Crippen LogP) is 1.80. The zero-order valence-corrected chi connectivity index (χ0v) is 10.6. The number of nitrogens with two attached hydrogens (primary N) is 1. The summed E-state index contributed by atoms with van der Waals surface area (Å²) in [5.74, 6) is 1.04. The van der Waals surface area contributed by atoms with Crippen LogP contribution < -0.4 is 5.73 Å². The Bertz CT molecular complexity index is 233. The highest BCUT2D eigenvalue weighted by Crippen LogP contribution is 2.45. The van der Waals surface area contributed by atoms with Crippen LogP contribution in [0.4, 0.5) is 0 Å². The van der Waals surface area contributed by atoms with Crippen molar-refractivity contribution in [3.63, 3.8) is 0 Å². The van der Waals surface area contributed by atoms with E-state index in [0.717, 1.165) is 12.8 Å². The van der Waals surface area contributed by atoms with Crippen molar-refractivity contribution in [2.75, 3.05) is 12.9 Å². The van der Waals surface area contributed by atoms with Crippen molar-refractivity contribution in [2.45, 2.75) is 44.4 Å². The van der Waals surface area contributed by atoms with Gasteiger partial charge in [-0.25, -0.2) is 0 Å². The summed E-state index contributed by atoms with van der Waals surface area (Å²) in [6.07, 6.45) is 2.64. The molecule has 0 aromatic rings. The molecular weight excluding hydrogens is 210 g/mol. The lowest BCUT2D eigenvalue weighted by Gasteiger charge is -2.44. The van der Waals surface area contributed by atoms with Crippen LogP contribution in [-0.4, -0.2) is 30.1 Å². The van der Waals surface area contributed by atoms with E-state index >= 15 is 0 Å². The summed E-state index contributed by atoms with van der Waals surface area (Å²) in [7, 11) is 1.44. The molecule has 2 N–H and O–H groups in total. The third-order valence-electron chi connectivity index (χ3n) is 3.57. The Morgan fingerprint density at radius 1 is 1.73 bits per heavy atom. The lowest BCUT2D eigenvalue weighted by atomic mass is 9.72. The molecule has 0 aliphatic carbocycles. The minimum absolute atomic E-state index is 0.0411. The lowest BCUT2D eigenvalue weighted by molar-refractivity contribution is -0.144. The first kappa shape index (κ1) is 12.8. The molecular formula is C11H21NO2S. The number of thioether (sulfide) groups is 1. The summed E-state index contributed by atoms with van der Waals surface area (Å²) in [5.41, 5.74) is 6.00. The van der Waals surface area contributed by atoms with Gasteiger partial charge in [0, 0.05) is 16.7 Å². The molecule has 1 rings (SSSR count). The minimum atomic E-state index is -0.137. The van der Waals surface area contributed by atoms with E-state index in [9.17, 15) is 4.79 Å². The lowest BCUT2D eigenvalue weighted by Crippen LogP contribution is -2.49. The molecule has 0 amide bonds. The molecule has 3 unspecified atom stereocenters. The molecule has 0 spiro atoms. The molecule has 1 aliphatic heterocycles. The minimum Gasteiger partial charge on any atom is -0.469 e. The standard InChI is InChI=1S/C11H21NO2S/c1-8(12)11(7-10(13)14-3)5-4-6-15-9(11)2/h8-9H,4-7,12H2,1-3H3. The van der Waals surface area contributed by atoms with E-state index in [2.05, 4.69) is 6.92 Å². The van der Waals surface area contributed by atoms with Gasteiger partial charge in [0.1, 0.15) is 0 Å². The summed E-state index contributed by atoms with van der Waals surface area (Å²) >= 11 is 1.92. The first-order valence-electron chi connectivity index (χ1n) is 5.47. The van der Waals surface area contributed by atoms with Crippen LogP contribution >= 0.6 is 11.8 Å². The molecule has 0 radical (unpaired) electrons. The van der Waals surface area contributed by atoms with Crippen LogP contribution in [0.1, 0.15) is 33.1 Å². The predicted molar refractivity (Wildman–Crippen MR) is 63.9 cm³/mol. The van der Waals surface area contributed by atoms with Gasteiger partial charge in [-0.15, -0.1) is 0 Å². The smallest absolute Gasteiger partial charge is 0.306 e. The molecule has 15 heavy (non-hydrogen) atoms. The number of carbonyl (C=O) groups is 1. The average molecular weight is 231 g/mol. The third kappa shape index (κ3) is 2.67. The molecule has 0 bridgehead atoms. The Labute approximate surface area is 96.1 Å². The van der Waals surface area contributed by atoms with E-state index in [4.69, 9.17) is 10.5 Å². The molecule has 1 aliphatic rings. The summed E-state index contributed by atoms with van der Waals surface area (Å²) in [6.45, 7) is 4.18. The van der Waals surface area contributed by atoms with Gasteiger partial charge < -0.3 is 10.5 Å². The van der Waals surface area contributed by atoms with Gasteiger partial charge in [0.15, 0.2) is 0 Å². The average Bonchev–Trinajstić information content (AvgIpc) is 2.21. The highest BCUT2D eigenvalue weighted by Gasteiger charge is 2.43. The van der Waals surface area contributed by atoms with Gasteiger partial charge in [-0.05, 0) is 25.5 Å². The van der Waals surface area contributed by atoms with E-state index in [-0.39, 0.29) is 17.4 Å². The summed E-state index contributed by atoms with van der Waals surface area (Å²) in [5, 5.41) is 0.436. The highest BCUT2D eigenvalue weighted by molar-refractivity contribution is 7.99. The molecule has 3 atom stereocenters. The molecule has 1 fully saturated rings. The first-order valence-corrected chi connectivity index (χ1v) is 6.52. The van der Waals surface area contributed by atoms with E-state index in [1.54, 1.807) is 0 Å². The van der Waals surface area contributed by atoms with Crippen LogP contribution in [-0.2, 0) is 9.53 Å². The number of hydrogen-bond acceptors (Lipinski definition) is 4. The number of esters is 1. The maximum atomic E-state index is 11.4. The third-order valence-corrected chi connectivity index (χ3v) is 5.07. The first-order chi connectivity index (χ1) is 7.03. The molecule has 88 valence electrons. The van der Waals surface area contributed by atoms with Crippen molar-refractivity contribution in [3.8, 4) is 0 Å². The fraction of sp³-hybridized carbons (Fsp3) is 0.909. The van der Waals surface area contributed by atoms with E-state index in [0.29, 0.717) is 11.7 Å². The van der Waals surface area contributed by atoms with Gasteiger partial charge in [0.2, 0.25) is 0 Å². The summed E-state index contributed by atoms with van der Waals surface area (Å²) < 4.78 is 4.77. The van der Waals surface area contributed by atoms with Gasteiger partial charge in [-0.1, -0.05) is 6.92 Å². The van der Waals surface area contributed by atoms with Crippen molar-refractivity contribution in [1.29, 1.82) is 0 Å². The molecule has 0 aromatic carbocycles. The Morgan fingerprint density at radius 3 is 2.87 bits per heavy atom. The topological polar surface area (TPSA) is 52.3 Å². The Hall–Kier alpha value is -0.220. The SMILES string of the molecule is COC(=O)CC1(C(C)N)CCCSC1C. The summed E-state index contributed by atoms with van der Waals surface area (Å²) in [4.78, 5) is 11.4. The zero-order valence-electron chi connectivity index (χ0n) is 9.79. The van der Waals surface area contributed by atoms with E-state index in [1.165, 1.54) is 12.9 Å². The second kappa shape index (κ2) is 5.21. The van der Waals surface area contributed by atoms with Crippen molar-refractivity contribution < 1.29 is 9.53 Å². The largest absolute Gasteiger partial charge is 0.469 e. The van der Waals surface area contributed by atoms with Gasteiger partial charge in [-0.3, -0.25) is 4.79 Å². The maximum Gasteiger partial charge on any atom is 0.306 e. The Morgan fingerprint density at radius 2 is 2.40 bits per heavy atom. The Kier molecular flexibility index (Phi) is 4.46. The highest BCUT2D eigenvalue weighted by atomic mass is 32.2. The monoisotopic (exact) mass is 231 g/mol. The fourth-order valence-corrected chi connectivity index (χ4v) is 3.77. The second-order valence-corrected chi connectivity index (χ2v) is 5.84. The second-order valence-electron chi connectivity index (χ2n) is 4.39. The van der Waals surface area contributed by atoms with Crippen LogP contribution in [0.15, 0.2) is 0 Å². The van der Waals surface area contributed by atoms with E-state index in [1.807, 2.05) is 18.7 Å². The van der Waals surface area contributed by atoms with Crippen LogP contribution in [0.5, 0.6) is 0 Å². The van der Waals surface area contributed by atoms with Gasteiger partial charge in [-0.2, -0.15) is 11.8 Å². The van der Waals surface area contributed by atoms with Gasteiger partial charge in [0.05, 0.1) is 13.5 Å². The van der Waals surface area contributed by atoms with Crippen molar-refractivity contribution in [3.05, 3.63) is 0 Å². The number of methoxy groups -OCH3 is 1. The molecule has 0 saturated carbocycles. The van der Waals surface area contributed by atoms with Crippen LogP contribution in [0.3, 0.4) is 0 Å². The number of carbonyl (C=O) groups excluding carboxylic acids is 1. The van der Waals surface area contributed by atoms with Crippen LogP contribution in [0.25, 0.3) is 0 Å². The molecule has 1 heterocycles. The molecule has 3 nitrogen and oxygen atoms in total. The van der Waals surface area contributed by atoms with Gasteiger partial charge in [0.25, 0.3) is 0 Å². The zero-order chi connectivity index (χ0) is 11.5.